The number of H-pyrrole nitrogens is 1. The largest absolute Gasteiger partial charge is 0.432 e. The molecular weight excluding hydrogens is 582 g/mol. The molecule has 1 spiro atoms. The minimum absolute atomic E-state index is 0.0978. The zero-order chi connectivity index (χ0) is 30.5. The van der Waals surface area contributed by atoms with E-state index in [1.807, 2.05) is 80.8 Å². The first-order chi connectivity index (χ1) is 20.5. The number of nitrogens with zero attached hydrogens (tertiary/aromatic N) is 1. The molecule has 6 rings (SSSR count). The Morgan fingerprint density at radius 1 is 1.14 bits per heavy atom. The number of amides is 2. The molecule has 10 heteroatoms. The molecular formula is C33H36ClN3O5Si. The number of nitrogens with one attached hydrogen (secondary N) is 2. The van der Waals surface area contributed by atoms with Gasteiger partial charge < -0.3 is 29.8 Å². The summed E-state index contributed by atoms with van der Waals surface area (Å²) in [6.45, 7) is 5.88. The average Bonchev–Trinajstić information content (AvgIpc) is 3.57. The van der Waals surface area contributed by atoms with Gasteiger partial charge >= 0.3 is 0 Å². The van der Waals surface area contributed by atoms with E-state index in [4.69, 9.17) is 16.3 Å². The van der Waals surface area contributed by atoms with Crippen LogP contribution in [-0.2, 0) is 32.9 Å². The van der Waals surface area contributed by atoms with Crippen LogP contribution in [0.3, 0.4) is 0 Å². The van der Waals surface area contributed by atoms with Crippen molar-refractivity contribution in [2.75, 3.05) is 16.8 Å². The molecule has 0 aliphatic carbocycles. The van der Waals surface area contributed by atoms with Crippen LogP contribution in [0, 0.1) is 5.92 Å². The lowest BCUT2D eigenvalue weighted by molar-refractivity contribution is -0.146. The Balaban J connectivity index is 1.22. The number of carbonyl (C=O) groups is 2. The fourth-order valence-corrected chi connectivity index (χ4v) is 9.91. The van der Waals surface area contributed by atoms with Crippen molar-refractivity contribution in [2.45, 2.75) is 56.7 Å². The minimum atomic E-state index is -2.77. The highest BCUT2D eigenvalue weighted by Gasteiger charge is 2.66. The van der Waals surface area contributed by atoms with E-state index in [1.165, 1.54) is 0 Å². The van der Waals surface area contributed by atoms with Crippen molar-refractivity contribution in [3.63, 3.8) is 0 Å². The van der Waals surface area contributed by atoms with Crippen LogP contribution in [0.15, 0.2) is 72.9 Å². The Labute approximate surface area is 256 Å². The molecule has 2 aliphatic rings. The second kappa shape index (κ2) is 11.2. The van der Waals surface area contributed by atoms with Gasteiger partial charge in [-0.25, -0.2) is 0 Å². The Bertz CT molecular complexity index is 1680. The SMILES string of the molecule is C[C@H]1[C@H]([Si](C)(C)O)[C@@H](CCO)O[C@]12C(=O)N(Cc1ccc(NC(=O)Cc3c[nH]c4ccccc34)cc1)c1ccc(Cl)cc12. The number of halogens is 1. The molecule has 1 aromatic heterocycles. The number of rotatable bonds is 8. The Morgan fingerprint density at radius 3 is 2.60 bits per heavy atom. The van der Waals surface area contributed by atoms with E-state index in [0.717, 1.165) is 27.7 Å². The first-order valence-corrected chi connectivity index (χ1v) is 18.0. The molecule has 0 bridgehead atoms. The third-order valence-electron chi connectivity index (χ3n) is 8.96. The molecule has 0 radical (unpaired) electrons. The van der Waals surface area contributed by atoms with Crippen LogP contribution >= 0.6 is 11.6 Å². The minimum Gasteiger partial charge on any atom is -0.432 e. The fraction of sp³-hybridized carbons (Fsp3) is 0.333. The van der Waals surface area contributed by atoms with E-state index < -0.39 is 20.0 Å². The summed E-state index contributed by atoms with van der Waals surface area (Å²) in [5.74, 6) is -0.632. The highest BCUT2D eigenvalue weighted by Crippen LogP contribution is 2.60. The van der Waals surface area contributed by atoms with Gasteiger partial charge in [-0.15, -0.1) is 0 Å². The molecule has 224 valence electrons. The predicted molar refractivity (Wildman–Crippen MR) is 171 cm³/mol. The fourth-order valence-electron chi connectivity index (χ4n) is 7.14. The number of benzene rings is 3. The van der Waals surface area contributed by atoms with Gasteiger partial charge in [0, 0.05) is 51.4 Å². The number of carbonyl (C=O) groups excluding carboxylic acids is 2. The summed E-state index contributed by atoms with van der Waals surface area (Å²) in [6.07, 6.45) is 2.00. The quantitative estimate of drug-likeness (QED) is 0.189. The third-order valence-corrected chi connectivity index (χ3v) is 11.7. The highest BCUT2D eigenvalue weighted by atomic mass is 35.5. The standard InChI is InChI=1S/C33H36ClN3O5Si/c1-20-31(43(2,3)41)29(14-15-38)42-33(20)26-17-23(34)10-13-28(26)37(32(33)40)19-21-8-11-24(12-9-21)36-30(39)16-22-18-35-27-7-5-4-6-25(22)27/h4-13,17-18,20,29,31,35,38,41H,14-16,19H2,1-3H3,(H,36,39)/t20-,29+,31-,33+/m0/s1. The molecule has 4 aromatic rings. The van der Waals surface area contributed by atoms with E-state index in [-0.39, 0.29) is 36.3 Å². The Hall–Kier alpha value is -3.47. The van der Waals surface area contributed by atoms with E-state index in [9.17, 15) is 19.5 Å². The van der Waals surface area contributed by atoms with Crippen molar-refractivity contribution in [2.24, 2.45) is 5.92 Å². The van der Waals surface area contributed by atoms with Crippen LogP contribution in [0.25, 0.3) is 10.9 Å². The maximum atomic E-state index is 14.4. The Morgan fingerprint density at radius 2 is 1.88 bits per heavy atom. The van der Waals surface area contributed by atoms with Gasteiger partial charge in [0.2, 0.25) is 5.91 Å². The molecule has 0 unspecified atom stereocenters. The second-order valence-electron chi connectivity index (χ2n) is 12.2. The van der Waals surface area contributed by atoms with E-state index >= 15 is 0 Å². The first kappa shape index (κ1) is 29.6. The van der Waals surface area contributed by atoms with Crippen LogP contribution < -0.4 is 10.2 Å². The molecule has 0 saturated carbocycles. The third kappa shape index (κ3) is 5.19. The second-order valence-corrected chi connectivity index (χ2v) is 16.6. The molecule has 4 atom stereocenters. The summed E-state index contributed by atoms with van der Waals surface area (Å²) >= 11 is 6.44. The molecule has 4 N–H and O–H groups in total. The maximum Gasteiger partial charge on any atom is 0.264 e. The average molecular weight is 618 g/mol. The van der Waals surface area contributed by atoms with Crippen molar-refractivity contribution in [3.05, 3.63) is 94.6 Å². The van der Waals surface area contributed by atoms with Gasteiger partial charge in [-0.3, -0.25) is 9.59 Å². The molecule has 2 amide bonds. The summed E-state index contributed by atoms with van der Waals surface area (Å²) in [5, 5.41) is 14.3. The normalized spacial score (nSPS) is 23.3. The van der Waals surface area contributed by atoms with Crippen LogP contribution in [0.5, 0.6) is 0 Å². The molecule has 3 heterocycles. The van der Waals surface area contributed by atoms with Crippen molar-refractivity contribution in [1.29, 1.82) is 0 Å². The van der Waals surface area contributed by atoms with Crippen LogP contribution in [-0.4, -0.2) is 47.7 Å². The van der Waals surface area contributed by atoms with Gasteiger partial charge in [-0.05, 0) is 67.0 Å². The van der Waals surface area contributed by atoms with Crippen LogP contribution in [0.2, 0.25) is 23.7 Å². The van der Waals surface area contributed by atoms with Gasteiger partial charge in [0.05, 0.1) is 24.8 Å². The van der Waals surface area contributed by atoms with Gasteiger partial charge in [0.25, 0.3) is 5.91 Å². The lowest BCUT2D eigenvalue weighted by atomic mass is 9.82. The van der Waals surface area contributed by atoms with Crippen LogP contribution in [0.1, 0.15) is 30.0 Å². The highest BCUT2D eigenvalue weighted by molar-refractivity contribution is 6.71. The predicted octanol–water partition coefficient (Wildman–Crippen LogP) is 5.73. The van der Waals surface area contributed by atoms with Gasteiger partial charge in [-0.1, -0.05) is 48.9 Å². The number of aromatic nitrogens is 1. The molecule has 1 saturated heterocycles. The summed E-state index contributed by atoms with van der Waals surface area (Å²) in [5.41, 5.74) is 3.35. The van der Waals surface area contributed by atoms with E-state index in [1.54, 1.807) is 17.0 Å². The number of para-hydroxylation sites is 1. The van der Waals surface area contributed by atoms with Gasteiger partial charge in [-0.2, -0.15) is 0 Å². The molecule has 2 aliphatic heterocycles. The summed E-state index contributed by atoms with van der Waals surface area (Å²) < 4.78 is 6.61. The molecule has 8 nitrogen and oxygen atoms in total. The van der Waals surface area contributed by atoms with Crippen molar-refractivity contribution < 1.29 is 24.2 Å². The van der Waals surface area contributed by atoms with Gasteiger partial charge in [0.1, 0.15) is 0 Å². The van der Waals surface area contributed by atoms with Crippen molar-refractivity contribution in [1.82, 2.24) is 4.98 Å². The first-order valence-electron chi connectivity index (χ1n) is 14.6. The number of ether oxygens (including phenoxy) is 1. The zero-order valence-electron chi connectivity index (χ0n) is 24.4. The van der Waals surface area contributed by atoms with Crippen molar-refractivity contribution >= 4 is 54.0 Å². The smallest absolute Gasteiger partial charge is 0.264 e. The number of aliphatic hydroxyl groups is 1. The lowest BCUT2D eigenvalue weighted by Crippen LogP contribution is -2.46. The molecule has 43 heavy (non-hydrogen) atoms. The van der Waals surface area contributed by atoms with E-state index in [0.29, 0.717) is 29.2 Å². The maximum absolute atomic E-state index is 14.4. The van der Waals surface area contributed by atoms with Crippen molar-refractivity contribution in [3.8, 4) is 0 Å². The number of aliphatic hydroxyl groups excluding tert-OH is 1. The number of aromatic amines is 1. The zero-order valence-corrected chi connectivity index (χ0v) is 26.2. The number of hydrogen-bond acceptors (Lipinski definition) is 5. The molecule has 3 aromatic carbocycles. The lowest BCUT2D eigenvalue weighted by Gasteiger charge is -2.32. The summed E-state index contributed by atoms with van der Waals surface area (Å²) in [4.78, 5) is 43.3. The van der Waals surface area contributed by atoms with Crippen LogP contribution in [0.4, 0.5) is 11.4 Å². The molecule has 1 fully saturated rings. The topological polar surface area (TPSA) is 115 Å². The van der Waals surface area contributed by atoms with E-state index in [2.05, 4.69) is 10.3 Å². The summed E-state index contributed by atoms with van der Waals surface area (Å²) in [7, 11) is -2.77. The number of fused-ring (bicyclic) bond motifs is 3. The Kier molecular flexibility index (Phi) is 7.72. The number of hydrogen-bond donors (Lipinski definition) is 4. The monoisotopic (exact) mass is 617 g/mol. The summed E-state index contributed by atoms with van der Waals surface area (Å²) in [6, 6.07) is 20.8. The number of anilines is 2. The van der Waals surface area contributed by atoms with Gasteiger partial charge in [0.15, 0.2) is 13.9 Å².